The molecule has 0 radical (unpaired) electrons. The summed E-state index contributed by atoms with van der Waals surface area (Å²) >= 11 is 0. The van der Waals surface area contributed by atoms with Crippen molar-refractivity contribution in [1.29, 1.82) is 0 Å². The lowest BCUT2D eigenvalue weighted by Gasteiger charge is -2.40. The van der Waals surface area contributed by atoms with Crippen molar-refractivity contribution < 1.29 is 43.0 Å². The first-order valence-electron chi connectivity index (χ1n) is 31.0. The van der Waals surface area contributed by atoms with Crippen LogP contribution in [0.15, 0.2) is 187 Å². The second-order valence-corrected chi connectivity index (χ2v) is 30.8. The van der Waals surface area contributed by atoms with Crippen LogP contribution in [0.2, 0.25) is 0 Å². The van der Waals surface area contributed by atoms with Crippen LogP contribution in [0.1, 0.15) is 182 Å². The van der Waals surface area contributed by atoms with E-state index in [0.717, 1.165) is 77.0 Å². The molecule has 0 spiro atoms. The third-order valence-corrected chi connectivity index (χ3v) is 25.8. The lowest BCUT2D eigenvalue weighted by molar-refractivity contribution is 0.304. The van der Waals surface area contributed by atoms with Gasteiger partial charge in [0.1, 0.15) is 23.0 Å². The summed E-state index contributed by atoms with van der Waals surface area (Å²) in [5.74, 6) is 2.54. The van der Waals surface area contributed by atoms with Gasteiger partial charge in [0, 0.05) is 29.4 Å². The van der Waals surface area contributed by atoms with E-state index in [1.165, 1.54) is 77.0 Å². The number of ether oxygens (including phenoxy) is 4. The molecule has 0 bridgehead atoms. The second kappa shape index (κ2) is 36.8. The summed E-state index contributed by atoms with van der Waals surface area (Å²) in [4.78, 5) is 3.20. The Morgan fingerprint density at radius 2 is 0.458 bits per heavy atom. The zero-order valence-electron chi connectivity index (χ0n) is 50.2. The number of rotatable bonds is 44. The van der Waals surface area contributed by atoms with E-state index in [2.05, 4.69) is 27.7 Å². The summed E-state index contributed by atoms with van der Waals surface area (Å²) in [6.07, 6.45) is 27.1. The SMILES string of the molecule is CCCCCCCCOc1ccc(S(OS(=O)(=O)CS(=O)(=O)OS(c2ccccc2)(c2ccc(OCCCCCCCC)cc2)c2ccc(OCCCCCCCC)cc2)(c2ccccc2)c2ccc(OCCCCCCCC)cc2)cc1. The molecule has 0 aliphatic rings. The number of hydrogen-bond donors (Lipinski definition) is 0. The molecule has 0 fully saturated rings. The van der Waals surface area contributed by atoms with E-state index in [0.29, 0.717) is 78.8 Å². The van der Waals surface area contributed by atoms with Gasteiger partial charge in [-0.15, -0.1) is 0 Å². The summed E-state index contributed by atoms with van der Waals surface area (Å²) in [5, 5.41) is -1.49. The van der Waals surface area contributed by atoms with Crippen molar-refractivity contribution in [3.8, 4) is 23.0 Å². The predicted molar refractivity (Wildman–Crippen MR) is 344 cm³/mol. The predicted octanol–water partition coefficient (Wildman–Crippen LogP) is 20.4. The molecule has 14 heteroatoms. The molecule has 0 unspecified atom stereocenters. The van der Waals surface area contributed by atoms with Gasteiger partial charge in [-0.2, -0.15) is 16.8 Å². The molecule has 83 heavy (non-hydrogen) atoms. The van der Waals surface area contributed by atoms with Gasteiger partial charge in [-0.25, -0.2) is 7.26 Å². The molecule has 0 aliphatic carbocycles. The van der Waals surface area contributed by atoms with E-state index in [4.69, 9.17) is 26.2 Å². The average Bonchev–Trinajstić information content (AvgIpc) is 3.28. The molecule has 0 heterocycles. The fraction of sp³-hybridized carbons (Fsp3) is 0.478. The first-order valence-corrected chi connectivity index (χ1v) is 37.3. The standard InChI is InChI=1S/C69H96O10S4/c1-5-9-13-17-21-31-55-74-60-39-47-66(48-40-60)82(64-35-27-25-28-36-64,67-49-41-61(42-50-67)75-56-32-22-18-14-10-6-2)78-80(70,71)59-81(72,73)79-83(65-37-29-26-30-38-65,68-51-43-62(44-52-68)76-57-33-23-19-15-11-7-3)69-53-45-63(46-54-69)77-58-34-24-20-16-12-8-4/h25-30,35-54H,5-24,31-34,55-59H2,1-4H3. The highest BCUT2D eigenvalue weighted by Gasteiger charge is 2.43. The van der Waals surface area contributed by atoms with Crippen LogP contribution >= 0.6 is 20.6 Å². The lowest BCUT2D eigenvalue weighted by Crippen LogP contribution is -2.24. The Balaban J connectivity index is 1.37. The van der Waals surface area contributed by atoms with E-state index >= 15 is 16.8 Å². The molecule has 10 nitrogen and oxygen atoms in total. The van der Waals surface area contributed by atoms with Gasteiger partial charge < -0.3 is 18.9 Å². The molecule has 0 amide bonds. The molecule has 0 saturated carbocycles. The highest BCUT2D eigenvalue weighted by molar-refractivity contribution is 8.35. The van der Waals surface area contributed by atoms with Crippen molar-refractivity contribution >= 4 is 40.9 Å². The Hall–Kier alpha value is -4.96. The smallest absolute Gasteiger partial charge is 0.294 e. The van der Waals surface area contributed by atoms with Crippen molar-refractivity contribution in [2.45, 2.75) is 211 Å². The molecule has 0 N–H and O–H groups in total. The Labute approximate surface area is 504 Å². The number of hydrogen-bond acceptors (Lipinski definition) is 10. The van der Waals surface area contributed by atoms with Crippen molar-refractivity contribution in [2.75, 3.05) is 31.5 Å². The highest BCUT2D eigenvalue weighted by Crippen LogP contribution is 2.72. The molecular formula is C69H96O10S4. The Morgan fingerprint density at radius 1 is 0.253 bits per heavy atom. The van der Waals surface area contributed by atoms with Crippen LogP contribution in [0.4, 0.5) is 0 Å². The van der Waals surface area contributed by atoms with Crippen LogP contribution in [0.5, 0.6) is 23.0 Å². The molecule has 0 saturated heterocycles. The minimum absolute atomic E-state index is 0.528. The van der Waals surface area contributed by atoms with Crippen molar-refractivity contribution in [3.63, 3.8) is 0 Å². The Morgan fingerprint density at radius 3 is 0.687 bits per heavy atom. The van der Waals surface area contributed by atoms with Crippen molar-refractivity contribution in [2.24, 2.45) is 0 Å². The maximum absolute atomic E-state index is 15.3. The highest BCUT2D eigenvalue weighted by atomic mass is 32.3. The third-order valence-electron chi connectivity index (χ3n) is 14.5. The Kier molecular flexibility index (Phi) is 29.8. The van der Waals surface area contributed by atoms with Crippen molar-refractivity contribution in [3.05, 3.63) is 158 Å². The van der Waals surface area contributed by atoms with Crippen LogP contribution in [0.25, 0.3) is 0 Å². The summed E-state index contributed by atoms with van der Waals surface area (Å²) in [6.45, 7) is 11.0. The molecule has 6 rings (SSSR count). The molecule has 0 aliphatic heterocycles. The summed E-state index contributed by atoms with van der Waals surface area (Å²) in [6, 6.07) is 47.6. The van der Waals surface area contributed by atoms with Gasteiger partial charge in [0.25, 0.3) is 20.2 Å². The monoisotopic (exact) mass is 1210 g/mol. The van der Waals surface area contributed by atoms with Crippen LogP contribution < -0.4 is 18.9 Å². The third kappa shape index (κ3) is 21.8. The number of unbranched alkanes of at least 4 members (excludes halogenated alkanes) is 20. The van der Waals surface area contributed by atoms with E-state index in [1.807, 2.05) is 158 Å². The molecule has 0 atom stereocenters. The second-order valence-electron chi connectivity index (χ2n) is 21.5. The van der Waals surface area contributed by atoms with Gasteiger partial charge >= 0.3 is 0 Å². The van der Waals surface area contributed by atoms with Gasteiger partial charge in [0.05, 0.1) is 26.4 Å². The summed E-state index contributed by atoms with van der Waals surface area (Å²) in [5.41, 5.74) is 0. The lowest BCUT2D eigenvalue weighted by atomic mass is 10.1. The van der Waals surface area contributed by atoms with E-state index in [-0.39, 0.29) is 0 Å². The first kappa shape index (κ1) is 67.2. The molecule has 456 valence electrons. The molecule has 0 aromatic heterocycles. The van der Waals surface area contributed by atoms with Gasteiger partial charge in [-0.1, -0.05) is 193 Å². The molecule has 6 aromatic carbocycles. The topological polar surface area (TPSA) is 124 Å². The quantitative estimate of drug-likeness (QED) is 0.0342. The first-order chi connectivity index (χ1) is 40.5. The van der Waals surface area contributed by atoms with Crippen molar-refractivity contribution in [1.82, 2.24) is 0 Å². The van der Waals surface area contributed by atoms with Gasteiger partial charge in [-0.3, -0.25) is 0 Å². The van der Waals surface area contributed by atoms with Crippen LogP contribution in [-0.4, -0.2) is 48.3 Å². The van der Waals surface area contributed by atoms with Crippen LogP contribution in [-0.2, 0) is 27.5 Å². The summed E-state index contributed by atoms with van der Waals surface area (Å²) in [7, 11) is -16.6. The zero-order valence-corrected chi connectivity index (χ0v) is 53.5. The average molecular weight is 1210 g/mol. The normalized spacial score (nSPS) is 12.5. The maximum Gasteiger partial charge on any atom is 0.294 e. The minimum atomic E-state index is -5.05. The van der Waals surface area contributed by atoms with Crippen LogP contribution in [0.3, 0.4) is 0 Å². The van der Waals surface area contributed by atoms with Gasteiger partial charge in [0.15, 0.2) is 0 Å². The number of benzene rings is 6. The zero-order chi connectivity index (χ0) is 58.9. The molecular weight excluding hydrogens is 1120 g/mol. The van der Waals surface area contributed by atoms with Crippen LogP contribution in [0, 0.1) is 0 Å². The minimum Gasteiger partial charge on any atom is -0.494 e. The van der Waals surface area contributed by atoms with Gasteiger partial charge in [0.2, 0.25) is 5.08 Å². The summed E-state index contributed by atoms with van der Waals surface area (Å²) < 4.78 is 99.5. The van der Waals surface area contributed by atoms with E-state index in [1.54, 1.807) is 0 Å². The van der Waals surface area contributed by atoms with E-state index in [9.17, 15) is 0 Å². The Bertz CT molecular complexity index is 2580. The molecule has 6 aromatic rings. The fourth-order valence-electron chi connectivity index (χ4n) is 10.0. The largest absolute Gasteiger partial charge is 0.494 e. The maximum atomic E-state index is 15.3. The van der Waals surface area contributed by atoms with Gasteiger partial charge in [-0.05, 0) is 168 Å². The fourth-order valence-corrected chi connectivity index (χ4v) is 21.6. The van der Waals surface area contributed by atoms with E-state index < -0.39 is 45.9 Å².